The fourth-order valence-corrected chi connectivity index (χ4v) is 3.16. The Morgan fingerprint density at radius 1 is 1.12 bits per heavy atom. The molecule has 1 heterocycles. The number of rotatable bonds is 5. The van der Waals surface area contributed by atoms with Gasteiger partial charge in [0.1, 0.15) is 5.75 Å². The van der Waals surface area contributed by atoms with E-state index in [9.17, 15) is 9.59 Å². The van der Waals surface area contributed by atoms with Crippen molar-refractivity contribution in [1.82, 2.24) is 5.32 Å². The molecule has 0 saturated heterocycles. The molecule has 130 valence electrons. The molecule has 1 aliphatic heterocycles. The van der Waals surface area contributed by atoms with Gasteiger partial charge in [-0.1, -0.05) is 35.9 Å². The predicted molar refractivity (Wildman–Crippen MR) is 96.9 cm³/mol. The Bertz CT molecular complexity index is 797. The highest BCUT2D eigenvalue weighted by atomic mass is 16.5. The standard InChI is InChI=1S/C21H23NO3/c1-14-7-8-15(2)17(13-14)19(23)9-10-21(24)22-18-11-12-25-20-6-4-3-5-16(18)20/h3-8,13,18H,9-12H2,1-2H3,(H,22,24)/t18-/m0/s1. The minimum Gasteiger partial charge on any atom is -0.493 e. The number of benzene rings is 2. The van der Waals surface area contributed by atoms with Crippen LogP contribution in [0.2, 0.25) is 0 Å². The first kappa shape index (κ1) is 17.2. The zero-order valence-electron chi connectivity index (χ0n) is 14.7. The number of ether oxygens (including phenoxy) is 1. The molecule has 2 aromatic carbocycles. The van der Waals surface area contributed by atoms with Gasteiger partial charge in [-0.3, -0.25) is 9.59 Å². The lowest BCUT2D eigenvalue weighted by Crippen LogP contribution is -2.32. The van der Waals surface area contributed by atoms with Gasteiger partial charge in [0.05, 0.1) is 12.6 Å². The van der Waals surface area contributed by atoms with Gasteiger partial charge in [-0.2, -0.15) is 0 Å². The van der Waals surface area contributed by atoms with Gasteiger partial charge in [-0.25, -0.2) is 0 Å². The molecule has 1 atom stereocenters. The molecule has 0 saturated carbocycles. The van der Waals surface area contributed by atoms with Crippen LogP contribution >= 0.6 is 0 Å². The quantitative estimate of drug-likeness (QED) is 0.842. The SMILES string of the molecule is Cc1ccc(C)c(C(=O)CCC(=O)N[C@H]2CCOc3ccccc32)c1. The van der Waals surface area contributed by atoms with E-state index in [4.69, 9.17) is 4.74 Å². The summed E-state index contributed by atoms with van der Waals surface area (Å²) in [7, 11) is 0. The third kappa shape index (κ3) is 4.08. The molecule has 0 unspecified atom stereocenters. The van der Waals surface area contributed by atoms with Gasteiger partial charge < -0.3 is 10.1 Å². The number of aryl methyl sites for hydroxylation is 2. The Labute approximate surface area is 148 Å². The van der Waals surface area contributed by atoms with E-state index in [1.807, 2.05) is 56.3 Å². The Hall–Kier alpha value is -2.62. The van der Waals surface area contributed by atoms with E-state index in [1.165, 1.54) is 0 Å². The number of carbonyl (C=O) groups is 2. The van der Waals surface area contributed by atoms with Crippen molar-refractivity contribution in [1.29, 1.82) is 0 Å². The van der Waals surface area contributed by atoms with Crippen molar-refractivity contribution < 1.29 is 14.3 Å². The van der Waals surface area contributed by atoms with Crippen LogP contribution in [0.15, 0.2) is 42.5 Å². The number of amides is 1. The maximum atomic E-state index is 12.4. The molecule has 0 aliphatic carbocycles. The fraction of sp³-hybridized carbons (Fsp3) is 0.333. The van der Waals surface area contributed by atoms with Crippen LogP contribution in [-0.4, -0.2) is 18.3 Å². The van der Waals surface area contributed by atoms with Gasteiger partial charge in [0, 0.05) is 30.4 Å². The second-order valence-electron chi connectivity index (χ2n) is 6.54. The maximum absolute atomic E-state index is 12.4. The monoisotopic (exact) mass is 337 g/mol. The predicted octanol–water partition coefficient (Wildman–Crippen LogP) is 3.91. The van der Waals surface area contributed by atoms with Gasteiger partial charge in [0.15, 0.2) is 5.78 Å². The molecular formula is C21H23NO3. The molecule has 1 aliphatic rings. The average Bonchev–Trinajstić information content (AvgIpc) is 2.62. The summed E-state index contributed by atoms with van der Waals surface area (Å²) in [6.07, 6.45) is 1.17. The van der Waals surface area contributed by atoms with Gasteiger partial charge in [0.2, 0.25) is 5.91 Å². The first-order chi connectivity index (χ1) is 12.0. The molecule has 4 heteroatoms. The molecule has 0 spiro atoms. The molecule has 0 bridgehead atoms. The molecule has 3 rings (SSSR count). The van der Waals surface area contributed by atoms with E-state index in [0.717, 1.165) is 28.9 Å². The zero-order chi connectivity index (χ0) is 17.8. The molecule has 2 aromatic rings. The average molecular weight is 337 g/mol. The Morgan fingerprint density at radius 3 is 2.76 bits per heavy atom. The van der Waals surface area contributed by atoms with Crippen molar-refractivity contribution in [2.45, 2.75) is 39.2 Å². The molecule has 0 fully saturated rings. The maximum Gasteiger partial charge on any atom is 0.220 e. The Balaban J connectivity index is 1.59. The van der Waals surface area contributed by atoms with Crippen molar-refractivity contribution in [3.8, 4) is 5.75 Å². The number of hydrogen-bond donors (Lipinski definition) is 1. The normalized spacial score (nSPS) is 15.8. The topological polar surface area (TPSA) is 55.4 Å². The molecule has 0 radical (unpaired) electrons. The lowest BCUT2D eigenvalue weighted by molar-refractivity contribution is -0.122. The Kier molecular flexibility index (Phi) is 5.17. The van der Waals surface area contributed by atoms with E-state index in [1.54, 1.807) is 0 Å². The van der Waals surface area contributed by atoms with Gasteiger partial charge in [0.25, 0.3) is 0 Å². The number of ketones is 1. The third-order valence-corrected chi connectivity index (χ3v) is 4.57. The number of hydrogen-bond acceptors (Lipinski definition) is 3. The molecule has 25 heavy (non-hydrogen) atoms. The fourth-order valence-electron chi connectivity index (χ4n) is 3.16. The summed E-state index contributed by atoms with van der Waals surface area (Å²) in [6.45, 7) is 4.47. The van der Waals surface area contributed by atoms with Gasteiger partial charge in [-0.15, -0.1) is 0 Å². The van der Waals surface area contributed by atoms with Crippen molar-refractivity contribution in [2.24, 2.45) is 0 Å². The summed E-state index contributed by atoms with van der Waals surface area (Å²) < 4.78 is 5.61. The Morgan fingerprint density at radius 2 is 1.92 bits per heavy atom. The van der Waals surface area contributed by atoms with Crippen LogP contribution in [0.1, 0.15) is 52.4 Å². The number of Topliss-reactive ketones (excluding diaryl/α,β-unsaturated/α-hetero) is 1. The van der Waals surface area contributed by atoms with E-state index < -0.39 is 0 Å². The van der Waals surface area contributed by atoms with Crippen LogP contribution in [-0.2, 0) is 4.79 Å². The highest BCUT2D eigenvalue weighted by molar-refractivity contribution is 5.99. The number of nitrogens with one attached hydrogen (secondary N) is 1. The summed E-state index contributed by atoms with van der Waals surface area (Å²) >= 11 is 0. The van der Waals surface area contributed by atoms with Crippen LogP contribution in [0.4, 0.5) is 0 Å². The molecular weight excluding hydrogens is 314 g/mol. The summed E-state index contributed by atoms with van der Waals surface area (Å²) in [5.74, 6) is 0.745. The van der Waals surface area contributed by atoms with Gasteiger partial charge >= 0.3 is 0 Å². The molecule has 1 N–H and O–H groups in total. The molecule has 1 amide bonds. The van der Waals surface area contributed by atoms with Crippen molar-refractivity contribution >= 4 is 11.7 Å². The second kappa shape index (κ2) is 7.51. The van der Waals surface area contributed by atoms with E-state index in [-0.39, 0.29) is 30.6 Å². The van der Waals surface area contributed by atoms with E-state index >= 15 is 0 Å². The van der Waals surface area contributed by atoms with Crippen LogP contribution in [0, 0.1) is 13.8 Å². The third-order valence-electron chi connectivity index (χ3n) is 4.57. The first-order valence-electron chi connectivity index (χ1n) is 8.66. The lowest BCUT2D eigenvalue weighted by atomic mass is 9.98. The van der Waals surface area contributed by atoms with Crippen molar-refractivity contribution in [2.75, 3.05) is 6.61 Å². The highest BCUT2D eigenvalue weighted by Gasteiger charge is 2.22. The smallest absolute Gasteiger partial charge is 0.220 e. The second-order valence-corrected chi connectivity index (χ2v) is 6.54. The van der Waals surface area contributed by atoms with Crippen LogP contribution < -0.4 is 10.1 Å². The summed E-state index contributed by atoms with van der Waals surface area (Å²) in [5, 5.41) is 3.04. The minimum absolute atomic E-state index is 0.0173. The minimum atomic E-state index is -0.0969. The van der Waals surface area contributed by atoms with Crippen molar-refractivity contribution in [3.63, 3.8) is 0 Å². The van der Waals surface area contributed by atoms with Crippen molar-refractivity contribution in [3.05, 3.63) is 64.7 Å². The van der Waals surface area contributed by atoms with Crippen LogP contribution in [0.25, 0.3) is 0 Å². The largest absolute Gasteiger partial charge is 0.493 e. The summed E-state index contributed by atoms with van der Waals surface area (Å²) in [5.41, 5.74) is 3.72. The van der Waals surface area contributed by atoms with Crippen LogP contribution in [0.3, 0.4) is 0 Å². The molecule has 4 nitrogen and oxygen atoms in total. The first-order valence-corrected chi connectivity index (χ1v) is 8.66. The van der Waals surface area contributed by atoms with Gasteiger partial charge in [-0.05, 0) is 31.5 Å². The van der Waals surface area contributed by atoms with E-state index in [2.05, 4.69) is 5.32 Å². The number of para-hydroxylation sites is 1. The summed E-state index contributed by atoms with van der Waals surface area (Å²) in [4.78, 5) is 24.7. The zero-order valence-corrected chi connectivity index (χ0v) is 14.7. The number of carbonyl (C=O) groups excluding carboxylic acids is 2. The highest BCUT2D eigenvalue weighted by Crippen LogP contribution is 2.31. The lowest BCUT2D eigenvalue weighted by Gasteiger charge is -2.26. The van der Waals surface area contributed by atoms with Crippen LogP contribution in [0.5, 0.6) is 5.75 Å². The number of fused-ring (bicyclic) bond motifs is 1. The summed E-state index contributed by atoms with van der Waals surface area (Å²) in [6, 6.07) is 13.5. The van der Waals surface area contributed by atoms with E-state index in [0.29, 0.717) is 12.2 Å². The molecule has 0 aromatic heterocycles.